The minimum atomic E-state index is 0.0774. The van der Waals surface area contributed by atoms with Gasteiger partial charge in [-0.05, 0) is 50.8 Å². The Kier molecular flexibility index (Phi) is 5.91. The molecule has 2 heterocycles. The number of aromatic nitrogens is 1. The Morgan fingerprint density at radius 2 is 2.08 bits per heavy atom. The number of nitrogens with two attached hydrogens (primary N) is 1. The lowest BCUT2D eigenvalue weighted by Gasteiger charge is -2.36. The van der Waals surface area contributed by atoms with Gasteiger partial charge in [0.25, 0.3) is 0 Å². The Bertz CT molecular complexity index is 567. The van der Waals surface area contributed by atoms with Crippen LogP contribution in [0.15, 0.2) is 18.3 Å². The molecule has 3 rings (SSSR count). The fraction of sp³-hybridized carbons (Fsp3) is 0.684. The molecule has 2 unspecified atom stereocenters. The molecule has 0 spiro atoms. The number of hydrogen-bond donors (Lipinski definition) is 2. The Labute approximate surface area is 150 Å². The molecule has 3 N–H and O–H groups in total. The molecule has 6 heteroatoms. The van der Waals surface area contributed by atoms with Crippen molar-refractivity contribution in [2.45, 2.75) is 51.9 Å². The maximum Gasteiger partial charge on any atom is 0.223 e. The average molecular weight is 346 g/mol. The lowest BCUT2D eigenvalue weighted by Crippen LogP contribution is -2.45. The van der Waals surface area contributed by atoms with E-state index in [1.807, 2.05) is 18.3 Å². The first kappa shape index (κ1) is 18.1. The average Bonchev–Trinajstić information content (AvgIpc) is 3.08. The van der Waals surface area contributed by atoms with E-state index in [4.69, 9.17) is 10.5 Å². The van der Waals surface area contributed by atoms with Crippen molar-refractivity contribution in [3.8, 4) is 0 Å². The highest BCUT2D eigenvalue weighted by Gasteiger charge is 2.31. The molecule has 4 atom stereocenters. The van der Waals surface area contributed by atoms with Crippen LogP contribution >= 0.6 is 0 Å². The summed E-state index contributed by atoms with van der Waals surface area (Å²) in [6, 6.07) is 4.08. The van der Waals surface area contributed by atoms with E-state index < -0.39 is 0 Å². The molecule has 1 aliphatic carbocycles. The van der Waals surface area contributed by atoms with Crippen molar-refractivity contribution < 1.29 is 9.53 Å². The standard InChI is InChI=1S/C19H30N4O2/c1-13-11-23(12-14(2)25-13)18-7-6-15(9-21-18)10-22-19(24)17-5-3-4-16(17)8-20/h6-7,9,13-14,16-17H,3-5,8,10-12,20H2,1-2H3,(H,22,24)/t13?,14?,16-,17-/m1/s1. The van der Waals surface area contributed by atoms with Gasteiger partial charge in [-0.15, -0.1) is 0 Å². The van der Waals surface area contributed by atoms with E-state index >= 15 is 0 Å². The van der Waals surface area contributed by atoms with Crippen LogP contribution in [-0.4, -0.2) is 42.7 Å². The zero-order valence-electron chi connectivity index (χ0n) is 15.3. The summed E-state index contributed by atoms with van der Waals surface area (Å²) in [7, 11) is 0. The molecule has 0 radical (unpaired) electrons. The molecule has 2 aliphatic rings. The van der Waals surface area contributed by atoms with Crippen molar-refractivity contribution in [3.05, 3.63) is 23.9 Å². The second-order valence-corrected chi connectivity index (χ2v) is 7.44. The van der Waals surface area contributed by atoms with Crippen LogP contribution in [0.4, 0.5) is 5.82 Å². The molecule has 2 fully saturated rings. The predicted molar refractivity (Wildman–Crippen MR) is 98.2 cm³/mol. The topological polar surface area (TPSA) is 80.5 Å². The summed E-state index contributed by atoms with van der Waals surface area (Å²) < 4.78 is 5.77. The first-order chi connectivity index (χ1) is 12.1. The van der Waals surface area contributed by atoms with Gasteiger partial charge >= 0.3 is 0 Å². The van der Waals surface area contributed by atoms with Crippen molar-refractivity contribution in [1.29, 1.82) is 0 Å². The van der Waals surface area contributed by atoms with Crippen LogP contribution in [0, 0.1) is 11.8 Å². The maximum absolute atomic E-state index is 12.4. The van der Waals surface area contributed by atoms with E-state index in [9.17, 15) is 4.79 Å². The van der Waals surface area contributed by atoms with Crippen LogP contribution in [0.2, 0.25) is 0 Å². The van der Waals surface area contributed by atoms with Crippen molar-refractivity contribution in [3.63, 3.8) is 0 Å². The van der Waals surface area contributed by atoms with Gasteiger partial charge in [-0.3, -0.25) is 4.79 Å². The van der Waals surface area contributed by atoms with E-state index in [1.54, 1.807) is 0 Å². The monoisotopic (exact) mass is 346 g/mol. The smallest absolute Gasteiger partial charge is 0.223 e. The first-order valence-corrected chi connectivity index (χ1v) is 9.40. The summed E-state index contributed by atoms with van der Waals surface area (Å²) in [5, 5.41) is 3.05. The third-order valence-electron chi connectivity index (χ3n) is 5.32. The zero-order chi connectivity index (χ0) is 17.8. The molecule has 6 nitrogen and oxygen atoms in total. The minimum absolute atomic E-state index is 0.0774. The molecule has 1 amide bonds. The molecule has 1 aromatic rings. The van der Waals surface area contributed by atoms with Gasteiger partial charge in [0.15, 0.2) is 0 Å². The van der Waals surface area contributed by atoms with Crippen molar-refractivity contribution in [2.24, 2.45) is 17.6 Å². The Morgan fingerprint density at radius 1 is 1.32 bits per heavy atom. The summed E-state index contributed by atoms with van der Waals surface area (Å²) in [5.41, 5.74) is 6.79. The first-order valence-electron chi connectivity index (χ1n) is 9.40. The van der Waals surface area contributed by atoms with E-state index in [-0.39, 0.29) is 24.0 Å². The number of anilines is 1. The van der Waals surface area contributed by atoms with Crippen molar-refractivity contribution >= 4 is 11.7 Å². The largest absolute Gasteiger partial charge is 0.372 e. The molecule has 1 aliphatic heterocycles. The highest BCUT2D eigenvalue weighted by Crippen LogP contribution is 2.31. The van der Waals surface area contributed by atoms with E-state index in [1.165, 1.54) is 0 Å². The van der Waals surface area contributed by atoms with Gasteiger partial charge in [-0.1, -0.05) is 12.5 Å². The van der Waals surface area contributed by atoms with Crippen LogP contribution in [-0.2, 0) is 16.1 Å². The highest BCUT2D eigenvalue weighted by molar-refractivity contribution is 5.79. The van der Waals surface area contributed by atoms with Crippen LogP contribution in [0.25, 0.3) is 0 Å². The summed E-state index contributed by atoms with van der Waals surface area (Å²) in [6.45, 7) is 7.01. The third-order valence-corrected chi connectivity index (χ3v) is 5.32. The minimum Gasteiger partial charge on any atom is -0.372 e. The van der Waals surface area contributed by atoms with Gasteiger partial charge in [0.1, 0.15) is 5.82 Å². The SMILES string of the molecule is CC1CN(c2ccc(CNC(=O)[C@@H]3CCC[C@@H]3CN)cn2)CC(C)O1. The fourth-order valence-electron chi connectivity index (χ4n) is 4.06. The lowest BCUT2D eigenvalue weighted by molar-refractivity contribution is -0.126. The van der Waals surface area contributed by atoms with Crippen LogP contribution in [0.5, 0.6) is 0 Å². The molecule has 1 saturated carbocycles. The molecular weight excluding hydrogens is 316 g/mol. The molecule has 0 aromatic carbocycles. The van der Waals surface area contributed by atoms with Crippen molar-refractivity contribution in [1.82, 2.24) is 10.3 Å². The van der Waals surface area contributed by atoms with Gasteiger partial charge < -0.3 is 20.7 Å². The van der Waals surface area contributed by atoms with E-state index in [0.717, 1.165) is 43.7 Å². The van der Waals surface area contributed by atoms with E-state index in [0.29, 0.717) is 19.0 Å². The zero-order valence-corrected chi connectivity index (χ0v) is 15.3. The number of ether oxygens (including phenoxy) is 1. The molecule has 1 saturated heterocycles. The number of nitrogens with one attached hydrogen (secondary N) is 1. The third kappa shape index (κ3) is 4.50. The predicted octanol–water partition coefficient (Wildman–Crippen LogP) is 1.69. The quantitative estimate of drug-likeness (QED) is 0.848. The molecular formula is C19H30N4O2. The summed E-state index contributed by atoms with van der Waals surface area (Å²) >= 11 is 0. The Balaban J connectivity index is 1.53. The number of amides is 1. The van der Waals surface area contributed by atoms with Gasteiger partial charge in [0.05, 0.1) is 12.2 Å². The Hall–Kier alpha value is -1.66. The second kappa shape index (κ2) is 8.15. The summed E-state index contributed by atoms with van der Waals surface area (Å²) in [6.07, 6.45) is 5.42. The molecule has 25 heavy (non-hydrogen) atoms. The molecule has 138 valence electrons. The number of rotatable bonds is 5. The normalized spacial score (nSPS) is 29.6. The number of pyridine rings is 1. The fourth-order valence-corrected chi connectivity index (χ4v) is 4.06. The van der Waals surface area contributed by atoms with Gasteiger partial charge in [0, 0.05) is 31.7 Å². The highest BCUT2D eigenvalue weighted by atomic mass is 16.5. The number of hydrogen-bond acceptors (Lipinski definition) is 5. The molecule has 0 bridgehead atoms. The van der Waals surface area contributed by atoms with Crippen LogP contribution < -0.4 is 16.0 Å². The van der Waals surface area contributed by atoms with Crippen molar-refractivity contribution in [2.75, 3.05) is 24.5 Å². The number of carbonyl (C=O) groups excluding carboxylic acids is 1. The number of nitrogens with zero attached hydrogens (tertiary/aromatic N) is 2. The maximum atomic E-state index is 12.4. The second-order valence-electron chi connectivity index (χ2n) is 7.44. The van der Waals surface area contributed by atoms with Gasteiger partial charge in [-0.2, -0.15) is 0 Å². The van der Waals surface area contributed by atoms with Gasteiger partial charge in [-0.25, -0.2) is 4.98 Å². The number of carbonyl (C=O) groups is 1. The summed E-state index contributed by atoms with van der Waals surface area (Å²) in [4.78, 5) is 19.2. The number of morpholine rings is 1. The lowest BCUT2D eigenvalue weighted by atomic mass is 9.95. The Morgan fingerprint density at radius 3 is 2.72 bits per heavy atom. The molecule has 1 aromatic heterocycles. The van der Waals surface area contributed by atoms with Gasteiger partial charge in [0.2, 0.25) is 5.91 Å². The summed E-state index contributed by atoms with van der Waals surface area (Å²) in [5.74, 6) is 1.52. The van der Waals surface area contributed by atoms with Crippen LogP contribution in [0.1, 0.15) is 38.7 Å². The van der Waals surface area contributed by atoms with Crippen LogP contribution in [0.3, 0.4) is 0 Å². The van der Waals surface area contributed by atoms with E-state index in [2.05, 4.69) is 29.0 Å².